The quantitative estimate of drug-likeness (QED) is 0.520. The Labute approximate surface area is 225 Å². The van der Waals surface area contributed by atoms with E-state index in [0.29, 0.717) is 24.3 Å². The molecule has 1 aromatic carbocycles. The number of benzene rings is 1. The molecule has 2 aliphatic heterocycles. The highest BCUT2D eigenvalue weighted by atomic mass is 16.6. The molecule has 4 rings (SSSR count). The van der Waals surface area contributed by atoms with Gasteiger partial charge < -0.3 is 15.0 Å². The molecule has 0 saturated carbocycles. The molecule has 10 heteroatoms. The van der Waals surface area contributed by atoms with Crippen LogP contribution in [0.15, 0.2) is 30.9 Å². The van der Waals surface area contributed by atoms with Gasteiger partial charge in [-0.15, -0.1) is 0 Å². The van der Waals surface area contributed by atoms with Crippen molar-refractivity contribution in [3.05, 3.63) is 53.4 Å². The van der Waals surface area contributed by atoms with E-state index in [9.17, 15) is 9.59 Å². The van der Waals surface area contributed by atoms with Gasteiger partial charge in [-0.3, -0.25) is 9.69 Å². The van der Waals surface area contributed by atoms with Crippen LogP contribution in [0.5, 0.6) is 0 Å². The van der Waals surface area contributed by atoms with E-state index in [4.69, 9.17) is 4.74 Å². The van der Waals surface area contributed by atoms with Crippen LogP contribution in [0.1, 0.15) is 62.7 Å². The first-order valence-electron chi connectivity index (χ1n) is 13.3. The van der Waals surface area contributed by atoms with Crippen LogP contribution >= 0.6 is 0 Å². The minimum Gasteiger partial charge on any atom is -0.447 e. The number of rotatable bonds is 8. The molecule has 4 atom stereocenters. The summed E-state index contributed by atoms with van der Waals surface area (Å²) in [6.45, 7) is 18.6. The van der Waals surface area contributed by atoms with Gasteiger partial charge in [0.15, 0.2) is 0 Å². The van der Waals surface area contributed by atoms with Crippen LogP contribution in [0.4, 0.5) is 16.7 Å². The number of piperazine rings is 1. The Bertz CT molecular complexity index is 1190. The summed E-state index contributed by atoms with van der Waals surface area (Å²) in [7, 11) is 0. The van der Waals surface area contributed by atoms with Crippen molar-refractivity contribution in [2.24, 2.45) is 0 Å². The average Bonchev–Trinajstić information content (AvgIpc) is 3.24. The molecule has 0 bridgehead atoms. The van der Waals surface area contributed by atoms with Crippen LogP contribution in [0.3, 0.4) is 0 Å². The maximum absolute atomic E-state index is 12.3. The van der Waals surface area contributed by atoms with Gasteiger partial charge in [0.05, 0.1) is 12.1 Å². The number of nitrogens with one attached hydrogen (secondary N) is 1. The lowest BCUT2D eigenvalue weighted by atomic mass is 9.99. The van der Waals surface area contributed by atoms with Crippen molar-refractivity contribution in [1.82, 2.24) is 24.8 Å². The average molecular weight is 522 g/mol. The molecule has 2 aromatic rings. The van der Waals surface area contributed by atoms with Gasteiger partial charge >= 0.3 is 6.09 Å². The van der Waals surface area contributed by atoms with E-state index in [-0.39, 0.29) is 30.1 Å². The van der Waals surface area contributed by atoms with Crippen LogP contribution in [-0.4, -0.2) is 74.6 Å². The molecule has 2 fully saturated rings. The van der Waals surface area contributed by atoms with Crippen molar-refractivity contribution in [1.29, 1.82) is 0 Å². The first-order chi connectivity index (χ1) is 18.1. The second-order valence-electron chi connectivity index (χ2n) is 10.4. The van der Waals surface area contributed by atoms with Crippen LogP contribution in [0.25, 0.3) is 0 Å². The Hall–Kier alpha value is -3.53. The lowest BCUT2D eigenvalue weighted by Gasteiger charge is -2.44. The predicted octanol–water partition coefficient (Wildman–Crippen LogP) is 4.00. The van der Waals surface area contributed by atoms with Gasteiger partial charge in [-0.05, 0) is 63.8 Å². The molecule has 0 radical (unpaired) electrons. The van der Waals surface area contributed by atoms with Crippen molar-refractivity contribution < 1.29 is 14.3 Å². The molecular formula is C28H39N7O3. The van der Waals surface area contributed by atoms with Crippen molar-refractivity contribution in [3.8, 4) is 0 Å². The van der Waals surface area contributed by atoms with E-state index in [0.717, 1.165) is 31.6 Å². The number of cyclic esters (lactones) is 1. The van der Waals surface area contributed by atoms with E-state index >= 15 is 0 Å². The molecule has 3 heterocycles. The number of hydrogen-bond acceptors (Lipinski definition) is 8. The second kappa shape index (κ2) is 11.5. The molecular weight excluding hydrogens is 482 g/mol. The smallest absolute Gasteiger partial charge is 0.417 e. The lowest BCUT2D eigenvalue weighted by molar-refractivity contribution is -0.133. The molecule has 2 saturated heterocycles. The fraction of sp³-hybridized carbons (Fsp3) is 0.536. The lowest BCUT2D eigenvalue weighted by Crippen LogP contribution is -2.57. The standard InChI is InChI=1S/C28H39N7O3/c1-8-24-16-38-28(37)35(24)27-31-21(7)30-26(32-27)29-20(6)22-10-11-23(17(3)12-22)15-33-13-18(4)34(19(5)14-33)25(36)9-2/h9-12,18-20,24H,2,8,13-16H2,1,3-7H3,(H,29,30,31,32)/t18-,19+,20-,24-/m0/s1. The molecule has 1 N–H and O–H groups in total. The summed E-state index contributed by atoms with van der Waals surface area (Å²) in [5.74, 6) is 1.26. The molecule has 38 heavy (non-hydrogen) atoms. The summed E-state index contributed by atoms with van der Waals surface area (Å²) in [6.07, 6.45) is 1.73. The van der Waals surface area contributed by atoms with Gasteiger partial charge in [0.1, 0.15) is 12.4 Å². The summed E-state index contributed by atoms with van der Waals surface area (Å²) in [5, 5.41) is 3.37. The highest BCUT2D eigenvalue weighted by Gasteiger charge is 2.35. The van der Waals surface area contributed by atoms with Crippen LogP contribution < -0.4 is 10.2 Å². The number of carbonyl (C=O) groups excluding carboxylic acids is 2. The zero-order valence-electron chi connectivity index (χ0n) is 23.3. The fourth-order valence-corrected chi connectivity index (χ4v) is 5.43. The van der Waals surface area contributed by atoms with E-state index in [1.54, 1.807) is 6.92 Å². The maximum Gasteiger partial charge on any atom is 0.417 e. The number of nitrogens with zero attached hydrogens (tertiary/aromatic N) is 6. The third-order valence-corrected chi connectivity index (χ3v) is 7.41. The Morgan fingerprint density at radius 1 is 1.21 bits per heavy atom. The van der Waals surface area contributed by atoms with Crippen molar-refractivity contribution in [2.45, 2.75) is 78.7 Å². The number of aryl methyl sites for hydroxylation is 2. The Morgan fingerprint density at radius 2 is 1.92 bits per heavy atom. The molecule has 1 aromatic heterocycles. The monoisotopic (exact) mass is 521 g/mol. The molecule has 2 aliphatic rings. The highest BCUT2D eigenvalue weighted by molar-refractivity contribution is 5.88. The third kappa shape index (κ3) is 5.80. The predicted molar refractivity (Wildman–Crippen MR) is 147 cm³/mol. The minimum atomic E-state index is -0.426. The topological polar surface area (TPSA) is 104 Å². The van der Waals surface area contributed by atoms with Gasteiger partial charge in [-0.2, -0.15) is 15.0 Å². The van der Waals surface area contributed by atoms with Gasteiger partial charge in [-0.1, -0.05) is 31.7 Å². The Kier molecular flexibility index (Phi) is 8.30. The van der Waals surface area contributed by atoms with Gasteiger partial charge in [0.2, 0.25) is 17.8 Å². The molecule has 204 valence electrons. The van der Waals surface area contributed by atoms with E-state index < -0.39 is 6.09 Å². The Morgan fingerprint density at radius 3 is 2.55 bits per heavy atom. The Balaban J connectivity index is 1.44. The number of aromatic nitrogens is 3. The first kappa shape index (κ1) is 27.5. The van der Waals surface area contributed by atoms with Crippen LogP contribution in [-0.2, 0) is 16.1 Å². The fourth-order valence-electron chi connectivity index (χ4n) is 5.43. The van der Waals surface area contributed by atoms with Gasteiger partial charge in [-0.25, -0.2) is 9.69 Å². The summed E-state index contributed by atoms with van der Waals surface area (Å²) < 4.78 is 5.21. The van der Waals surface area contributed by atoms with Crippen molar-refractivity contribution in [3.63, 3.8) is 0 Å². The van der Waals surface area contributed by atoms with Crippen molar-refractivity contribution >= 4 is 23.9 Å². The maximum atomic E-state index is 12.3. The number of anilines is 2. The highest BCUT2D eigenvalue weighted by Crippen LogP contribution is 2.26. The number of hydrogen-bond donors (Lipinski definition) is 1. The zero-order valence-corrected chi connectivity index (χ0v) is 23.3. The molecule has 0 unspecified atom stereocenters. The largest absolute Gasteiger partial charge is 0.447 e. The van der Waals surface area contributed by atoms with E-state index in [2.05, 4.69) is 77.6 Å². The third-order valence-electron chi connectivity index (χ3n) is 7.41. The summed E-state index contributed by atoms with van der Waals surface area (Å²) >= 11 is 0. The number of amides is 2. The van der Waals surface area contributed by atoms with Gasteiger partial charge in [0.25, 0.3) is 0 Å². The molecule has 2 amide bonds. The van der Waals surface area contributed by atoms with Gasteiger partial charge in [0, 0.05) is 31.7 Å². The summed E-state index contributed by atoms with van der Waals surface area (Å²) in [4.78, 5) is 43.7. The first-order valence-corrected chi connectivity index (χ1v) is 13.3. The minimum absolute atomic E-state index is 0.00212. The number of ether oxygens (including phenoxy) is 1. The number of carbonyl (C=O) groups is 2. The van der Waals surface area contributed by atoms with Crippen molar-refractivity contribution in [2.75, 3.05) is 29.9 Å². The summed E-state index contributed by atoms with van der Waals surface area (Å²) in [6, 6.07) is 6.63. The van der Waals surface area contributed by atoms with E-state index in [1.807, 2.05) is 11.8 Å². The molecule has 0 spiro atoms. The molecule has 10 nitrogen and oxygen atoms in total. The normalized spacial score (nSPS) is 22.8. The molecule has 0 aliphatic carbocycles. The summed E-state index contributed by atoms with van der Waals surface area (Å²) in [5.41, 5.74) is 3.58. The van der Waals surface area contributed by atoms with E-state index in [1.165, 1.54) is 22.1 Å². The zero-order chi connectivity index (χ0) is 27.6. The van der Waals surface area contributed by atoms with Crippen LogP contribution in [0, 0.1) is 13.8 Å². The SMILES string of the molecule is C=CC(=O)N1[C@H](C)CN(Cc2ccc([C@H](C)Nc3nc(C)nc(N4C(=O)OC[C@@H]4CC)n3)cc2C)C[C@@H]1C. The second-order valence-corrected chi connectivity index (χ2v) is 10.4. The van der Waals surface area contributed by atoms with Crippen LogP contribution in [0.2, 0.25) is 0 Å².